The smallest absolute Gasteiger partial charge is 0.155 e. The van der Waals surface area contributed by atoms with Gasteiger partial charge in [0, 0.05) is 11.4 Å². The van der Waals surface area contributed by atoms with Gasteiger partial charge in [-0.3, -0.25) is 0 Å². The first-order valence-corrected chi connectivity index (χ1v) is 6.85. The zero-order chi connectivity index (χ0) is 12.3. The molecule has 0 saturated carbocycles. The topological polar surface area (TPSA) is 80.4 Å². The lowest BCUT2D eigenvalue weighted by atomic mass is 10.1. The van der Waals surface area contributed by atoms with Gasteiger partial charge in [0.1, 0.15) is 0 Å². The van der Waals surface area contributed by atoms with Crippen molar-refractivity contribution in [2.45, 2.75) is 25.2 Å². The molecule has 16 heavy (non-hydrogen) atoms. The molecule has 4 nitrogen and oxygen atoms in total. The predicted octanol–water partition coefficient (Wildman–Crippen LogP) is 1.13. The molecule has 0 aliphatic rings. The molecule has 1 rings (SSSR count). The first-order valence-electron chi connectivity index (χ1n) is 5.13. The van der Waals surface area contributed by atoms with Crippen LogP contribution in [0.2, 0.25) is 0 Å². The molecule has 0 spiro atoms. The van der Waals surface area contributed by atoms with Crippen molar-refractivity contribution in [3.8, 4) is 0 Å². The molecule has 1 aromatic rings. The fourth-order valence-electron chi connectivity index (χ4n) is 1.47. The molecule has 1 aromatic carbocycles. The number of nitrogens with two attached hydrogens (primary N) is 1. The molecule has 0 bridgehead atoms. The zero-order valence-corrected chi connectivity index (χ0v) is 10.2. The number of hydrogen-bond donors (Lipinski definition) is 2. The fraction of sp³-hybridized carbons (Fsp3) is 0.455. The van der Waals surface area contributed by atoms with Gasteiger partial charge in [-0.2, -0.15) is 0 Å². The van der Waals surface area contributed by atoms with Crippen LogP contribution >= 0.6 is 0 Å². The van der Waals surface area contributed by atoms with Gasteiger partial charge in [0.05, 0.1) is 11.4 Å². The van der Waals surface area contributed by atoms with Crippen molar-refractivity contribution in [3.05, 3.63) is 29.8 Å². The van der Waals surface area contributed by atoms with E-state index in [1.807, 2.05) is 0 Å². The largest absolute Gasteiger partial charge is 0.399 e. The molecule has 0 saturated heterocycles. The molecule has 0 aliphatic heterocycles. The highest BCUT2D eigenvalue weighted by molar-refractivity contribution is 7.92. The minimum absolute atomic E-state index is 0.0214. The number of sulfone groups is 1. The van der Waals surface area contributed by atoms with Crippen molar-refractivity contribution >= 4 is 15.5 Å². The summed E-state index contributed by atoms with van der Waals surface area (Å²) in [5.74, 6) is 0.0214. The van der Waals surface area contributed by atoms with E-state index in [9.17, 15) is 13.5 Å². The lowest BCUT2D eigenvalue weighted by Gasteiger charge is -2.19. The van der Waals surface area contributed by atoms with Crippen molar-refractivity contribution in [3.63, 3.8) is 0 Å². The van der Waals surface area contributed by atoms with E-state index in [0.717, 1.165) is 0 Å². The molecule has 3 N–H and O–H groups in total. The number of nitrogen functional groups attached to an aromatic ring is 1. The summed E-state index contributed by atoms with van der Waals surface area (Å²) in [6.45, 7) is 3.07. The van der Waals surface area contributed by atoms with Crippen LogP contribution in [-0.4, -0.2) is 24.5 Å². The molecule has 90 valence electrons. The number of aliphatic hydroxyl groups is 1. The van der Waals surface area contributed by atoms with Gasteiger partial charge < -0.3 is 10.8 Å². The maximum atomic E-state index is 11.6. The van der Waals surface area contributed by atoms with Gasteiger partial charge in [-0.05, 0) is 24.6 Å². The summed E-state index contributed by atoms with van der Waals surface area (Å²) in [5, 5.41) is 9.13. The minimum Gasteiger partial charge on any atom is -0.399 e. The third-order valence-electron chi connectivity index (χ3n) is 2.67. The molecule has 2 unspecified atom stereocenters. The second-order valence-electron chi connectivity index (χ2n) is 3.77. The average molecular weight is 243 g/mol. The lowest BCUT2D eigenvalue weighted by molar-refractivity contribution is 0.176. The Morgan fingerprint density at radius 3 is 2.56 bits per heavy atom. The molecular weight excluding hydrogens is 226 g/mol. The van der Waals surface area contributed by atoms with Gasteiger partial charge >= 0.3 is 0 Å². The van der Waals surface area contributed by atoms with Crippen molar-refractivity contribution in [2.24, 2.45) is 0 Å². The third kappa shape index (κ3) is 2.74. The van der Waals surface area contributed by atoms with Gasteiger partial charge in [0.15, 0.2) is 9.84 Å². The molecule has 0 aliphatic carbocycles. The van der Waals surface area contributed by atoms with Crippen LogP contribution in [0, 0.1) is 0 Å². The first-order chi connectivity index (χ1) is 7.38. The first kappa shape index (κ1) is 13.0. The van der Waals surface area contributed by atoms with Crippen LogP contribution in [0.1, 0.15) is 25.5 Å². The van der Waals surface area contributed by atoms with Crippen molar-refractivity contribution in [1.82, 2.24) is 0 Å². The van der Waals surface area contributed by atoms with E-state index >= 15 is 0 Å². The zero-order valence-electron chi connectivity index (χ0n) is 9.42. The maximum absolute atomic E-state index is 11.6. The summed E-state index contributed by atoms with van der Waals surface area (Å²) in [5.41, 5.74) is 6.62. The highest BCUT2D eigenvalue weighted by Gasteiger charge is 2.27. The van der Waals surface area contributed by atoms with Gasteiger partial charge in [0.2, 0.25) is 0 Å². The minimum atomic E-state index is -3.25. The Labute approximate surface area is 96.0 Å². The van der Waals surface area contributed by atoms with Gasteiger partial charge in [0.25, 0.3) is 0 Å². The number of hydrogen-bond acceptors (Lipinski definition) is 4. The predicted molar refractivity (Wildman–Crippen MR) is 64.7 cm³/mol. The quantitative estimate of drug-likeness (QED) is 0.777. The van der Waals surface area contributed by atoms with E-state index < -0.39 is 21.2 Å². The Morgan fingerprint density at radius 2 is 2.06 bits per heavy atom. The maximum Gasteiger partial charge on any atom is 0.155 e. The Hall–Kier alpha value is -1.07. The average Bonchev–Trinajstić information content (AvgIpc) is 2.27. The highest BCUT2D eigenvalue weighted by atomic mass is 32.2. The van der Waals surface area contributed by atoms with Crippen molar-refractivity contribution in [2.75, 3.05) is 11.5 Å². The van der Waals surface area contributed by atoms with E-state index in [1.165, 1.54) is 6.92 Å². The number of anilines is 1. The molecule has 5 heteroatoms. The molecule has 0 fully saturated rings. The summed E-state index contributed by atoms with van der Waals surface area (Å²) in [6.07, 6.45) is -1.03. The van der Waals surface area contributed by atoms with Crippen LogP contribution in [0.25, 0.3) is 0 Å². The van der Waals surface area contributed by atoms with Crippen LogP contribution in [0.5, 0.6) is 0 Å². The summed E-state index contributed by atoms with van der Waals surface area (Å²) in [7, 11) is -3.25. The van der Waals surface area contributed by atoms with Gasteiger partial charge in [-0.15, -0.1) is 0 Å². The van der Waals surface area contributed by atoms with E-state index in [1.54, 1.807) is 31.2 Å². The van der Waals surface area contributed by atoms with Crippen molar-refractivity contribution in [1.29, 1.82) is 0 Å². The standard InChI is InChI=1S/C11H17NO3S/c1-3-16(14,15)8(2)11(13)9-5-4-6-10(12)7-9/h4-8,11,13H,3,12H2,1-2H3. The number of aliphatic hydroxyl groups excluding tert-OH is 1. The van der Waals surface area contributed by atoms with E-state index in [2.05, 4.69) is 0 Å². The van der Waals surface area contributed by atoms with Gasteiger partial charge in [-0.1, -0.05) is 19.1 Å². The molecule has 0 amide bonds. The monoisotopic (exact) mass is 243 g/mol. The summed E-state index contributed by atoms with van der Waals surface area (Å²) < 4.78 is 23.2. The summed E-state index contributed by atoms with van der Waals surface area (Å²) in [4.78, 5) is 0. The van der Waals surface area contributed by atoms with Crippen LogP contribution in [0.4, 0.5) is 5.69 Å². The van der Waals surface area contributed by atoms with Gasteiger partial charge in [-0.25, -0.2) is 8.42 Å². The SMILES string of the molecule is CCS(=O)(=O)C(C)C(O)c1cccc(N)c1. The Kier molecular flexibility index (Phi) is 3.93. The van der Waals surface area contributed by atoms with Crippen LogP contribution in [0.15, 0.2) is 24.3 Å². The normalized spacial score (nSPS) is 15.7. The number of benzene rings is 1. The molecular formula is C11H17NO3S. The summed E-state index contributed by atoms with van der Waals surface area (Å²) >= 11 is 0. The molecule has 2 atom stereocenters. The Bertz CT molecular complexity index is 456. The molecule has 0 radical (unpaired) electrons. The third-order valence-corrected chi connectivity index (χ3v) is 4.86. The Morgan fingerprint density at radius 1 is 1.44 bits per heavy atom. The second-order valence-corrected chi connectivity index (χ2v) is 6.42. The van der Waals surface area contributed by atoms with E-state index in [0.29, 0.717) is 11.3 Å². The van der Waals surface area contributed by atoms with E-state index in [-0.39, 0.29) is 5.75 Å². The van der Waals surface area contributed by atoms with Crippen molar-refractivity contribution < 1.29 is 13.5 Å². The fourth-order valence-corrected chi connectivity index (χ4v) is 2.55. The molecule has 0 aromatic heterocycles. The lowest BCUT2D eigenvalue weighted by Crippen LogP contribution is -2.26. The number of rotatable bonds is 4. The van der Waals surface area contributed by atoms with Crippen LogP contribution in [0.3, 0.4) is 0 Å². The second kappa shape index (κ2) is 4.84. The molecule has 0 heterocycles. The van der Waals surface area contributed by atoms with Crippen LogP contribution < -0.4 is 5.73 Å². The Balaban J connectivity index is 2.99. The van der Waals surface area contributed by atoms with Crippen LogP contribution in [-0.2, 0) is 9.84 Å². The summed E-state index contributed by atoms with van der Waals surface area (Å²) in [6, 6.07) is 6.64. The van der Waals surface area contributed by atoms with E-state index in [4.69, 9.17) is 5.73 Å². The highest BCUT2D eigenvalue weighted by Crippen LogP contribution is 2.23.